The first-order valence-corrected chi connectivity index (χ1v) is 7.24. The fourth-order valence-electron chi connectivity index (χ4n) is 1.69. The molecule has 0 spiro atoms. The third kappa shape index (κ3) is 3.45. The molecule has 1 aromatic rings. The van der Waals surface area contributed by atoms with Crippen LogP contribution < -0.4 is 5.73 Å². The van der Waals surface area contributed by atoms with Gasteiger partial charge in [-0.3, -0.25) is 0 Å². The van der Waals surface area contributed by atoms with Gasteiger partial charge in [-0.25, -0.2) is 12.7 Å². The lowest BCUT2D eigenvalue weighted by Crippen LogP contribution is -2.36. The van der Waals surface area contributed by atoms with Crippen molar-refractivity contribution in [2.45, 2.75) is 18.7 Å². The van der Waals surface area contributed by atoms with E-state index < -0.39 is 10.0 Å². The second-order valence-corrected chi connectivity index (χ2v) is 6.49. The molecular formula is C12H19N3O3S. The van der Waals surface area contributed by atoms with Gasteiger partial charge < -0.3 is 10.9 Å². The number of rotatable bonds is 5. The highest BCUT2D eigenvalue weighted by atomic mass is 32.2. The van der Waals surface area contributed by atoms with E-state index in [9.17, 15) is 8.42 Å². The van der Waals surface area contributed by atoms with Gasteiger partial charge in [0.25, 0.3) is 0 Å². The van der Waals surface area contributed by atoms with Gasteiger partial charge in [0.05, 0.1) is 4.90 Å². The van der Waals surface area contributed by atoms with Crippen molar-refractivity contribution in [3.05, 3.63) is 29.8 Å². The second-order valence-electron chi connectivity index (χ2n) is 4.48. The molecule has 0 radical (unpaired) electrons. The summed E-state index contributed by atoms with van der Waals surface area (Å²) in [6.07, 6.45) is 0. The van der Waals surface area contributed by atoms with Crippen molar-refractivity contribution in [2.24, 2.45) is 16.8 Å². The van der Waals surface area contributed by atoms with Crippen LogP contribution in [0.15, 0.2) is 34.3 Å². The average molecular weight is 285 g/mol. The Bertz CT molecular complexity index is 569. The summed E-state index contributed by atoms with van der Waals surface area (Å²) in [4.78, 5) is 0.268. The van der Waals surface area contributed by atoms with Crippen molar-refractivity contribution >= 4 is 15.9 Å². The zero-order valence-corrected chi connectivity index (χ0v) is 12.1. The van der Waals surface area contributed by atoms with Crippen molar-refractivity contribution in [1.29, 1.82) is 0 Å². The summed E-state index contributed by atoms with van der Waals surface area (Å²) in [6, 6.07) is 6.77. The van der Waals surface area contributed by atoms with Crippen molar-refractivity contribution in [3.8, 4) is 0 Å². The standard InChI is InChI=1S/C12H19N3O3S/c1-9-6-4-5-7-11(9)19(17,18)15(3)8-10(2)12(13)14-16/h4-7,10,16H,8H2,1-3H3,(H2,13,14). The third-order valence-corrected chi connectivity index (χ3v) is 4.92. The average Bonchev–Trinajstić information content (AvgIpc) is 2.37. The summed E-state index contributed by atoms with van der Waals surface area (Å²) >= 11 is 0. The largest absolute Gasteiger partial charge is 0.409 e. The molecule has 7 heteroatoms. The monoisotopic (exact) mass is 285 g/mol. The van der Waals surface area contributed by atoms with E-state index in [1.54, 1.807) is 38.1 Å². The molecule has 3 N–H and O–H groups in total. The molecule has 106 valence electrons. The number of hydrogen-bond acceptors (Lipinski definition) is 4. The van der Waals surface area contributed by atoms with Crippen molar-refractivity contribution in [1.82, 2.24) is 4.31 Å². The van der Waals surface area contributed by atoms with Gasteiger partial charge in [0.15, 0.2) is 0 Å². The van der Waals surface area contributed by atoms with E-state index in [0.717, 1.165) is 0 Å². The normalized spacial score (nSPS) is 14.6. The highest BCUT2D eigenvalue weighted by Crippen LogP contribution is 2.19. The summed E-state index contributed by atoms with van der Waals surface area (Å²) < 4.78 is 26.0. The number of nitrogens with zero attached hydrogens (tertiary/aromatic N) is 2. The zero-order chi connectivity index (χ0) is 14.6. The Morgan fingerprint density at radius 1 is 1.47 bits per heavy atom. The SMILES string of the molecule is Cc1ccccc1S(=O)(=O)N(C)CC(C)C(N)=NO. The van der Waals surface area contributed by atoms with Crippen LogP contribution in [0.4, 0.5) is 0 Å². The molecule has 0 aliphatic carbocycles. The molecule has 19 heavy (non-hydrogen) atoms. The molecule has 0 heterocycles. The lowest BCUT2D eigenvalue weighted by molar-refractivity contribution is 0.312. The fraction of sp³-hybridized carbons (Fsp3) is 0.417. The molecule has 0 fully saturated rings. The molecule has 1 atom stereocenters. The Morgan fingerprint density at radius 3 is 2.58 bits per heavy atom. The van der Waals surface area contributed by atoms with Gasteiger partial charge in [-0.05, 0) is 18.6 Å². The van der Waals surface area contributed by atoms with Crippen LogP contribution in [0.3, 0.4) is 0 Å². The Hall–Kier alpha value is -1.60. The molecule has 1 rings (SSSR count). The highest BCUT2D eigenvalue weighted by molar-refractivity contribution is 7.89. The van der Waals surface area contributed by atoms with Crippen LogP contribution in [0.2, 0.25) is 0 Å². The minimum absolute atomic E-state index is 0.00633. The lowest BCUT2D eigenvalue weighted by atomic mass is 10.2. The first-order chi connectivity index (χ1) is 8.80. The maximum absolute atomic E-state index is 12.4. The smallest absolute Gasteiger partial charge is 0.243 e. The van der Waals surface area contributed by atoms with Crippen molar-refractivity contribution in [3.63, 3.8) is 0 Å². The van der Waals surface area contributed by atoms with E-state index in [2.05, 4.69) is 5.16 Å². The van der Waals surface area contributed by atoms with E-state index in [1.165, 1.54) is 11.4 Å². The lowest BCUT2D eigenvalue weighted by Gasteiger charge is -2.21. The van der Waals surface area contributed by atoms with Gasteiger partial charge in [-0.15, -0.1) is 0 Å². The number of hydrogen-bond donors (Lipinski definition) is 2. The summed E-state index contributed by atoms with van der Waals surface area (Å²) in [5.41, 5.74) is 6.14. The number of aryl methyl sites for hydroxylation is 1. The molecule has 0 bridgehead atoms. The molecule has 1 aromatic carbocycles. The number of sulfonamides is 1. The predicted molar refractivity (Wildman–Crippen MR) is 73.6 cm³/mol. The van der Waals surface area contributed by atoms with Crippen LogP contribution in [0, 0.1) is 12.8 Å². The predicted octanol–water partition coefficient (Wildman–Crippen LogP) is 0.998. The zero-order valence-electron chi connectivity index (χ0n) is 11.2. The molecule has 6 nitrogen and oxygen atoms in total. The van der Waals surface area contributed by atoms with Gasteiger partial charge in [0.2, 0.25) is 10.0 Å². The first-order valence-electron chi connectivity index (χ1n) is 5.80. The van der Waals surface area contributed by atoms with Crippen molar-refractivity contribution < 1.29 is 13.6 Å². The van der Waals surface area contributed by atoms with Crippen LogP contribution in [-0.2, 0) is 10.0 Å². The molecule has 0 aromatic heterocycles. The van der Waals surface area contributed by atoms with E-state index in [-0.39, 0.29) is 23.2 Å². The summed E-state index contributed by atoms with van der Waals surface area (Å²) in [6.45, 7) is 3.58. The molecule has 0 saturated heterocycles. The Kier molecular flexibility index (Phi) is 4.90. The fourth-order valence-corrected chi connectivity index (χ4v) is 3.17. The minimum Gasteiger partial charge on any atom is -0.409 e. The maximum atomic E-state index is 12.4. The van der Waals surface area contributed by atoms with Gasteiger partial charge in [-0.1, -0.05) is 30.3 Å². The Labute approximate surface area is 113 Å². The van der Waals surface area contributed by atoms with E-state index in [0.29, 0.717) is 5.56 Å². The van der Waals surface area contributed by atoms with Crippen LogP contribution in [0.1, 0.15) is 12.5 Å². The number of benzene rings is 1. The van der Waals surface area contributed by atoms with Crippen LogP contribution >= 0.6 is 0 Å². The molecule has 0 aliphatic heterocycles. The van der Waals surface area contributed by atoms with Crippen LogP contribution in [0.25, 0.3) is 0 Å². The Morgan fingerprint density at radius 2 is 2.05 bits per heavy atom. The van der Waals surface area contributed by atoms with E-state index >= 15 is 0 Å². The van der Waals surface area contributed by atoms with Gasteiger partial charge in [0, 0.05) is 19.5 Å². The van der Waals surface area contributed by atoms with Crippen molar-refractivity contribution in [2.75, 3.05) is 13.6 Å². The quantitative estimate of drug-likeness (QED) is 0.365. The van der Waals surface area contributed by atoms with Crippen LogP contribution in [-0.4, -0.2) is 37.4 Å². The van der Waals surface area contributed by atoms with Gasteiger partial charge in [-0.2, -0.15) is 0 Å². The van der Waals surface area contributed by atoms with Gasteiger partial charge in [0.1, 0.15) is 5.84 Å². The summed E-state index contributed by atoms with van der Waals surface area (Å²) in [5, 5.41) is 11.5. The topological polar surface area (TPSA) is 96.0 Å². The molecule has 0 saturated carbocycles. The van der Waals surface area contributed by atoms with E-state index in [4.69, 9.17) is 10.9 Å². The highest BCUT2D eigenvalue weighted by Gasteiger charge is 2.24. The molecule has 0 amide bonds. The Balaban J connectivity index is 2.99. The first kappa shape index (κ1) is 15.5. The molecule has 1 unspecified atom stereocenters. The summed E-state index contributed by atoms with van der Waals surface area (Å²) in [7, 11) is -2.09. The molecular weight excluding hydrogens is 266 g/mol. The minimum atomic E-state index is -3.57. The van der Waals surface area contributed by atoms with Gasteiger partial charge >= 0.3 is 0 Å². The number of nitrogens with two attached hydrogens (primary N) is 1. The third-order valence-electron chi connectivity index (χ3n) is 2.93. The summed E-state index contributed by atoms with van der Waals surface area (Å²) in [5.74, 6) is -0.361. The van der Waals surface area contributed by atoms with Crippen LogP contribution in [0.5, 0.6) is 0 Å². The van der Waals surface area contributed by atoms with E-state index in [1.807, 2.05) is 0 Å². The second kappa shape index (κ2) is 6.03. The molecule has 0 aliphatic rings. The maximum Gasteiger partial charge on any atom is 0.243 e. The number of amidine groups is 1. The number of oxime groups is 1.